The van der Waals surface area contributed by atoms with Crippen molar-refractivity contribution in [2.24, 2.45) is 0 Å². The molecule has 0 spiro atoms. The fraction of sp³-hybridized carbons (Fsp3) is 0.423. The molecule has 2 saturated heterocycles. The van der Waals surface area contributed by atoms with Crippen molar-refractivity contribution in [2.75, 3.05) is 13.3 Å². The van der Waals surface area contributed by atoms with Crippen LogP contribution in [0, 0.1) is 6.92 Å². The number of rotatable bonds is 8. The van der Waals surface area contributed by atoms with Crippen molar-refractivity contribution in [3.8, 4) is 5.75 Å². The Kier molecular flexibility index (Phi) is 6.82. The zero-order valence-electron chi connectivity index (χ0n) is 20.1. The molecule has 2 fully saturated rings. The van der Waals surface area contributed by atoms with Gasteiger partial charge in [0.15, 0.2) is 17.9 Å². The van der Waals surface area contributed by atoms with Gasteiger partial charge < -0.3 is 25.2 Å². The van der Waals surface area contributed by atoms with Crippen LogP contribution >= 0.6 is 0 Å². The minimum absolute atomic E-state index is 0.0254. The summed E-state index contributed by atoms with van der Waals surface area (Å²) in [6, 6.07) is 12.0. The summed E-state index contributed by atoms with van der Waals surface area (Å²) in [5.41, 5.74) is 0.529. The van der Waals surface area contributed by atoms with E-state index in [1.54, 1.807) is 30.9 Å². The number of nitrogens with zero attached hydrogens (tertiary/aromatic N) is 2. The number of carbonyl (C=O) groups is 3. The number of aliphatic hydroxyl groups excluding tert-OH is 1. The van der Waals surface area contributed by atoms with E-state index in [0.29, 0.717) is 12.1 Å². The summed E-state index contributed by atoms with van der Waals surface area (Å²) in [4.78, 5) is 42.1. The van der Waals surface area contributed by atoms with Crippen LogP contribution in [0.2, 0.25) is 0 Å². The molecule has 4 rings (SSSR count). The van der Waals surface area contributed by atoms with Gasteiger partial charge in [-0.1, -0.05) is 43.3 Å². The Bertz CT molecular complexity index is 1120. The molecule has 186 valence electrons. The third-order valence-electron chi connectivity index (χ3n) is 6.88. The molecular formula is C26H31N3O6. The molecule has 1 unspecified atom stereocenters. The highest BCUT2D eigenvalue weighted by molar-refractivity contribution is 5.98. The third-order valence-corrected chi connectivity index (χ3v) is 6.88. The van der Waals surface area contributed by atoms with Crippen LogP contribution in [-0.2, 0) is 20.7 Å². The van der Waals surface area contributed by atoms with Crippen molar-refractivity contribution >= 4 is 17.7 Å². The molecule has 4 atom stereocenters. The molecule has 0 saturated carbocycles. The summed E-state index contributed by atoms with van der Waals surface area (Å²) < 4.78 is 5.82. The molecule has 2 aromatic rings. The predicted octanol–water partition coefficient (Wildman–Crippen LogP) is 1.56. The fourth-order valence-corrected chi connectivity index (χ4v) is 4.84. The van der Waals surface area contributed by atoms with Crippen LogP contribution < -0.4 is 5.32 Å². The summed E-state index contributed by atoms with van der Waals surface area (Å²) >= 11 is 0. The number of amides is 3. The zero-order chi connectivity index (χ0) is 25.3. The monoisotopic (exact) mass is 481 g/mol. The van der Waals surface area contributed by atoms with Crippen LogP contribution in [0.25, 0.3) is 0 Å². The number of phenolic OH excluding ortho intramolecular Hbond substituents is 1. The van der Waals surface area contributed by atoms with Crippen molar-refractivity contribution in [3.05, 3.63) is 65.2 Å². The van der Waals surface area contributed by atoms with E-state index in [1.165, 1.54) is 11.0 Å². The van der Waals surface area contributed by atoms with Gasteiger partial charge in [-0.25, -0.2) is 0 Å². The first kappa shape index (κ1) is 24.7. The van der Waals surface area contributed by atoms with E-state index in [1.807, 2.05) is 37.3 Å². The normalized spacial score (nSPS) is 22.9. The second-order valence-corrected chi connectivity index (χ2v) is 9.19. The topological polar surface area (TPSA) is 119 Å². The van der Waals surface area contributed by atoms with Crippen LogP contribution in [0.3, 0.4) is 0 Å². The van der Waals surface area contributed by atoms with Gasteiger partial charge in [0.05, 0.1) is 6.04 Å². The highest BCUT2D eigenvalue weighted by atomic mass is 16.6. The maximum atomic E-state index is 13.4. The van der Waals surface area contributed by atoms with Crippen molar-refractivity contribution in [1.29, 1.82) is 0 Å². The lowest BCUT2D eigenvalue weighted by Gasteiger charge is -2.51. The standard InChI is InChI=1S/C26H31N3O6/c1-4-13-29-25(34)22-26(29,3)35-15-28(22)24(33)21(31)19(14-17-9-6-5-7-10-17)27-23(32)18-11-8-12-20(30)16(18)2/h5-12,19,21-22,30-31H,4,13-15H2,1-3H3,(H,27,32)/t19-,21-,22+,26?/m0/s1. The second kappa shape index (κ2) is 9.67. The average molecular weight is 482 g/mol. The summed E-state index contributed by atoms with van der Waals surface area (Å²) in [6.45, 7) is 5.73. The zero-order valence-corrected chi connectivity index (χ0v) is 20.1. The molecule has 2 aromatic carbocycles. The maximum Gasteiger partial charge on any atom is 0.256 e. The first-order valence-electron chi connectivity index (χ1n) is 11.8. The van der Waals surface area contributed by atoms with Gasteiger partial charge in [0, 0.05) is 17.7 Å². The Morgan fingerprint density at radius 3 is 2.60 bits per heavy atom. The molecule has 2 heterocycles. The number of phenols is 1. The fourth-order valence-electron chi connectivity index (χ4n) is 4.84. The summed E-state index contributed by atoms with van der Waals surface area (Å²) in [5.74, 6) is -1.45. The number of nitrogens with one attached hydrogen (secondary N) is 1. The van der Waals surface area contributed by atoms with Crippen LogP contribution in [-0.4, -0.2) is 74.9 Å². The largest absolute Gasteiger partial charge is 0.508 e. The second-order valence-electron chi connectivity index (χ2n) is 9.19. The van der Waals surface area contributed by atoms with Gasteiger partial charge in [0.2, 0.25) is 0 Å². The number of hydrogen-bond acceptors (Lipinski definition) is 6. The first-order valence-corrected chi connectivity index (χ1v) is 11.8. The van der Waals surface area contributed by atoms with Crippen LogP contribution in [0.5, 0.6) is 5.75 Å². The Hall–Kier alpha value is -3.43. The highest BCUT2D eigenvalue weighted by Gasteiger charge is 2.66. The van der Waals surface area contributed by atoms with Gasteiger partial charge in [-0.15, -0.1) is 0 Å². The maximum absolute atomic E-state index is 13.4. The lowest BCUT2D eigenvalue weighted by Crippen LogP contribution is -2.75. The Labute approximate surface area is 204 Å². The number of aliphatic hydroxyl groups is 1. The van der Waals surface area contributed by atoms with Gasteiger partial charge in [-0.05, 0) is 44.4 Å². The Balaban J connectivity index is 1.56. The van der Waals surface area contributed by atoms with Crippen molar-refractivity contribution in [3.63, 3.8) is 0 Å². The number of ether oxygens (including phenoxy) is 1. The van der Waals surface area contributed by atoms with Crippen molar-refractivity contribution in [2.45, 2.75) is 57.5 Å². The molecule has 2 aliphatic rings. The molecule has 2 aliphatic heterocycles. The predicted molar refractivity (Wildman–Crippen MR) is 127 cm³/mol. The number of hydrogen-bond donors (Lipinski definition) is 3. The quantitative estimate of drug-likeness (QED) is 0.493. The highest BCUT2D eigenvalue weighted by Crippen LogP contribution is 2.42. The molecule has 0 radical (unpaired) electrons. The minimum Gasteiger partial charge on any atom is -0.508 e. The van der Waals surface area contributed by atoms with E-state index in [2.05, 4.69) is 5.32 Å². The van der Waals surface area contributed by atoms with E-state index < -0.39 is 35.7 Å². The number of carbonyl (C=O) groups excluding carboxylic acids is 3. The minimum atomic E-state index is -1.62. The van der Waals surface area contributed by atoms with Gasteiger partial charge in [-0.3, -0.25) is 19.3 Å². The first-order chi connectivity index (χ1) is 16.7. The molecule has 0 bridgehead atoms. The van der Waals surface area contributed by atoms with Gasteiger partial charge in [0.1, 0.15) is 12.5 Å². The van der Waals surface area contributed by atoms with Gasteiger partial charge in [0.25, 0.3) is 17.7 Å². The lowest BCUT2D eigenvalue weighted by atomic mass is 9.90. The molecule has 0 aromatic heterocycles. The summed E-state index contributed by atoms with van der Waals surface area (Å²) in [5, 5.41) is 23.9. The molecule has 35 heavy (non-hydrogen) atoms. The third kappa shape index (κ3) is 4.37. The van der Waals surface area contributed by atoms with E-state index in [-0.39, 0.29) is 30.4 Å². The van der Waals surface area contributed by atoms with Crippen LogP contribution in [0.1, 0.15) is 41.8 Å². The smallest absolute Gasteiger partial charge is 0.256 e. The Morgan fingerprint density at radius 1 is 1.20 bits per heavy atom. The molecule has 9 nitrogen and oxygen atoms in total. The van der Waals surface area contributed by atoms with E-state index >= 15 is 0 Å². The van der Waals surface area contributed by atoms with Crippen LogP contribution in [0.4, 0.5) is 0 Å². The van der Waals surface area contributed by atoms with E-state index in [4.69, 9.17) is 4.74 Å². The molecule has 0 aliphatic carbocycles. The van der Waals surface area contributed by atoms with Gasteiger partial charge in [-0.2, -0.15) is 0 Å². The molecule has 3 N–H and O–H groups in total. The van der Waals surface area contributed by atoms with Crippen LogP contribution in [0.15, 0.2) is 48.5 Å². The van der Waals surface area contributed by atoms with E-state index in [0.717, 1.165) is 12.0 Å². The molecule has 3 amide bonds. The van der Waals surface area contributed by atoms with Crippen molar-refractivity contribution in [1.82, 2.24) is 15.1 Å². The molecular weight excluding hydrogens is 450 g/mol. The number of likely N-dealkylation sites (tertiary alicyclic amines) is 1. The number of β-lactam (4-membered cyclic amide) rings is 1. The summed E-state index contributed by atoms with van der Waals surface area (Å²) in [7, 11) is 0. The number of aromatic hydroxyl groups is 1. The molecule has 9 heteroatoms. The summed E-state index contributed by atoms with van der Waals surface area (Å²) in [6.07, 6.45) is -0.673. The Morgan fingerprint density at radius 2 is 1.91 bits per heavy atom. The number of fused-ring (bicyclic) bond motifs is 1. The lowest BCUT2D eigenvalue weighted by molar-refractivity contribution is -0.199. The number of benzene rings is 2. The van der Waals surface area contributed by atoms with Gasteiger partial charge >= 0.3 is 0 Å². The van der Waals surface area contributed by atoms with Crippen molar-refractivity contribution < 1.29 is 29.3 Å². The average Bonchev–Trinajstić information content (AvgIpc) is 3.17. The SMILES string of the molecule is CCCN1C(=O)[C@H]2N(C(=O)[C@@H](O)[C@H](Cc3ccccc3)NC(=O)c3cccc(O)c3C)COC21C. The van der Waals surface area contributed by atoms with E-state index in [9.17, 15) is 24.6 Å².